The Balaban J connectivity index is 1.60. The SMILES string of the molecule is COCCN1CC(Cc2cncc(C(=O)N3CCCCC3)n2)CC1=O. The number of carbonyl (C=O) groups is 2. The molecule has 1 aromatic heterocycles. The first-order valence-corrected chi connectivity index (χ1v) is 9.04. The zero-order chi connectivity index (χ0) is 17.6. The molecule has 0 aromatic carbocycles. The number of aromatic nitrogens is 2. The number of likely N-dealkylation sites (tertiary alicyclic amines) is 2. The summed E-state index contributed by atoms with van der Waals surface area (Å²) >= 11 is 0. The second-order valence-electron chi connectivity index (χ2n) is 6.86. The van der Waals surface area contributed by atoms with E-state index in [2.05, 4.69) is 9.97 Å². The number of ether oxygens (including phenoxy) is 1. The average molecular weight is 346 g/mol. The summed E-state index contributed by atoms with van der Waals surface area (Å²) in [5.41, 5.74) is 1.20. The number of nitrogens with zero attached hydrogens (tertiary/aromatic N) is 4. The van der Waals surface area contributed by atoms with E-state index in [1.165, 1.54) is 6.42 Å². The third kappa shape index (κ3) is 4.54. The highest BCUT2D eigenvalue weighted by Gasteiger charge is 2.30. The molecule has 0 bridgehead atoms. The molecule has 7 heteroatoms. The lowest BCUT2D eigenvalue weighted by Crippen LogP contribution is -2.36. The quantitative estimate of drug-likeness (QED) is 0.772. The lowest BCUT2D eigenvalue weighted by atomic mass is 10.0. The van der Waals surface area contributed by atoms with Crippen molar-refractivity contribution in [2.24, 2.45) is 5.92 Å². The fraction of sp³-hybridized carbons (Fsp3) is 0.667. The minimum absolute atomic E-state index is 0.0294. The van der Waals surface area contributed by atoms with E-state index in [9.17, 15) is 9.59 Å². The predicted octanol–water partition coefficient (Wildman–Crippen LogP) is 1.14. The van der Waals surface area contributed by atoms with E-state index in [0.29, 0.717) is 38.2 Å². The standard InChI is InChI=1S/C18H26N4O3/c1-25-8-7-22-13-14(10-17(22)23)9-15-11-19-12-16(20-15)18(24)21-5-3-2-4-6-21/h11-12,14H,2-10,13H2,1H3. The van der Waals surface area contributed by atoms with Gasteiger partial charge in [0.2, 0.25) is 5.91 Å². The van der Waals surface area contributed by atoms with Crippen molar-refractivity contribution in [3.05, 3.63) is 23.8 Å². The number of methoxy groups -OCH3 is 1. The zero-order valence-electron chi connectivity index (χ0n) is 14.8. The molecule has 2 aliphatic rings. The van der Waals surface area contributed by atoms with Gasteiger partial charge in [-0.3, -0.25) is 14.6 Å². The molecular weight excluding hydrogens is 320 g/mol. The Morgan fingerprint density at radius 3 is 2.84 bits per heavy atom. The van der Waals surface area contributed by atoms with Crippen molar-refractivity contribution in [1.29, 1.82) is 0 Å². The molecule has 1 atom stereocenters. The van der Waals surface area contributed by atoms with Gasteiger partial charge in [-0.1, -0.05) is 0 Å². The van der Waals surface area contributed by atoms with E-state index >= 15 is 0 Å². The second kappa shape index (κ2) is 8.38. The van der Waals surface area contributed by atoms with Crippen molar-refractivity contribution in [3.8, 4) is 0 Å². The Hall–Kier alpha value is -2.02. The number of amides is 2. The van der Waals surface area contributed by atoms with E-state index in [1.807, 2.05) is 9.80 Å². The molecule has 0 saturated carbocycles. The van der Waals surface area contributed by atoms with E-state index < -0.39 is 0 Å². The van der Waals surface area contributed by atoms with E-state index in [1.54, 1.807) is 19.5 Å². The van der Waals surface area contributed by atoms with Crippen LogP contribution in [-0.2, 0) is 16.0 Å². The molecule has 0 N–H and O–H groups in total. The minimum Gasteiger partial charge on any atom is -0.383 e. The van der Waals surface area contributed by atoms with E-state index in [4.69, 9.17) is 4.74 Å². The van der Waals surface area contributed by atoms with Gasteiger partial charge in [0.05, 0.1) is 18.5 Å². The molecule has 136 valence electrons. The molecule has 3 heterocycles. The van der Waals surface area contributed by atoms with Gasteiger partial charge < -0.3 is 14.5 Å². The lowest BCUT2D eigenvalue weighted by Gasteiger charge is -2.26. The molecule has 25 heavy (non-hydrogen) atoms. The second-order valence-corrected chi connectivity index (χ2v) is 6.86. The maximum Gasteiger partial charge on any atom is 0.274 e. The van der Waals surface area contributed by atoms with Crippen LogP contribution in [-0.4, -0.2) is 71.5 Å². The molecular formula is C18H26N4O3. The Morgan fingerprint density at radius 2 is 2.08 bits per heavy atom. The number of rotatable bonds is 6. The van der Waals surface area contributed by atoms with E-state index in [0.717, 1.165) is 31.6 Å². The first kappa shape index (κ1) is 17.8. The van der Waals surface area contributed by atoms with Gasteiger partial charge in [-0.2, -0.15) is 0 Å². The average Bonchev–Trinajstić information content (AvgIpc) is 2.99. The Bertz CT molecular complexity index is 616. The van der Waals surface area contributed by atoms with Crippen molar-refractivity contribution >= 4 is 11.8 Å². The Morgan fingerprint density at radius 1 is 1.28 bits per heavy atom. The highest BCUT2D eigenvalue weighted by molar-refractivity contribution is 5.92. The summed E-state index contributed by atoms with van der Waals surface area (Å²) in [5, 5.41) is 0. The first-order chi connectivity index (χ1) is 12.2. The summed E-state index contributed by atoms with van der Waals surface area (Å²) in [6.07, 6.45) is 7.74. The van der Waals surface area contributed by atoms with Crippen molar-refractivity contribution < 1.29 is 14.3 Å². The Labute approximate surface area is 148 Å². The van der Waals surface area contributed by atoms with Gasteiger partial charge in [0.1, 0.15) is 5.69 Å². The van der Waals surface area contributed by atoms with Gasteiger partial charge in [-0.15, -0.1) is 0 Å². The maximum atomic E-state index is 12.6. The van der Waals surface area contributed by atoms with Crippen LogP contribution in [0.1, 0.15) is 41.9 Å². The minimum atomic E-state index is -0.0294. The van der Waals surface area contributed by atoms with Gasteiger partial charge in [0.25, 0.3) is 5.91 Å². The number of piperidine rings is 1. The summed E-state index contributed by atoms with van der Waals surface area (Å²) in [4.78, 5) is 37.0. The molecule has 3 rings (SSSR count). The lowest BCUT2D eigenvalue weighted by molar-refractivity contribution is -0.128. The van der Waals surface area contributed by atoms with Crippen LogP contribution in [0.3, 0.4) is 0 Å². The van der Waals surface area contributed by atoms with Crippen molar-refractivity contribution in [1.82, 2.24) is 19.8 Å². The molecule has 2 aliphatic heterocycles. The van der Waals surface area contributed by atoms with Crippen molar-refractivity contribution in [2.45, 2.75) is 32.1 Å². The molecule has 1 unspecified atom stereocenters. The molecule has 7 nitrogen and oxygen atoms in total. The van der Waals surface area contributed by atoms with Gasteiger partial charge >= 0.3 is 0 Å². The zero-order valence-corrected chi connectivity index (χ0v) is 14.8. The highest BCUT2D eigenvalue weighted by atomic mass is 16.5. The van der Waals surface area contributed by atoms with Crippen LogP contribution in [0.25, 0.3) is 0 Å². The summed E-state index contributed by atoms with van der Waals surface area (Å²) in [6, 6.07) is 0. The normalized spacial score (nSPS) is 21.0. The van der Waals surface area contributed by atoms with Crippen LogP contribution in [0, 0.1) is 5.92 Å². The number of hydrogen-bond donors (Lipinski definition) is 0. The summed E-state index contributed by atoms with van der Waals surface area (Å²) in [5.74, 6) is 0.354. The van der Waals surface area contributed by atoms with Crippen LogP contribution in [0.5, 0.6) is 0 Å². The van der Waals surface area contributed by atoms with Gasteiger partial charge in [0, 0.05) is 45.9 Å². The van der Waals surface area contributed by atoms with Crippen LogP contribution in [0.4, 0.5) is 0 Å². The smallest absolute Gasteiger partial charge is 0.274 e. The number of hydrogen-bond acceptors (Lipinski definition) is 5. The largest absolute Gasteiger partial charge is 0.383 e. The third-order valence-corrected chi connectivity index (χ3v) is 4.90. The summed E-state index contributed by atoms with van der Waals surface area (Å²) < 4.78 is 5.05. The monoisotopic (exact) mass is 346 g/mol. The van der Waals surface area contributed by atoms with Gasteiger partial charge in [-0.05, 0) is 31.6 Å². The van der Waals surface area contributed by atoms with Crippen LogP contribution < -0.4 is 0 Å². The molecule has 1 aromatic rings. The topological polar surface area (TPSA) is 75.6 Å². The predicted molar refractivity (Wildman–Crippen MR) is 92.1 cm³/mol. The Kier molecular flexibility index (Phi) is 5.96. The highest BCUT2D eigenvalue weighted by Crippen LogP contribution is 2.21. The maximum absolute atomic E-state index is 12.6. The fourth-order valence-electron chi connectivity index (χ4n) is 3.57. The molecule has 2 saturated heterocycles. The summed E-state index contributed by atoms with van der Waals surface area (Å²) in [7, 11) is 1.64. The number of carbonyl (C=O) groups excluding carboxylic acids is 2. The molecule has 0 radical (unpaired) electrons. The molecule has 2 fully saturated rings. The van der Waals surface area contributed by atoms with Crippen LogP contribution in [0.15, 0.2) is 12.4 Å². The van der Waals surface area contributed by atoms with Crippen LogP contribution >= 0.6 is 0 Å². The molecule has 0 aliphatic carbocycles. The third-order valence-electron chi connectivity index (χ3n) is 4.90. The summed E-state index contributed by atoms with van der Waals surface area (Å²) in [6.45, 7) is 3.50. The first-order valence-electron chi connectivity index (χ1n) is 9.04. The van der Waals surface area contributed by atoms with Crippen molar-refractivity contribution in [2.75, 3.05) is 39.9 Å². The van der Waals surface area contributed by atoms with Crippen LogP contribution in [0.2, 0.25) is 0 Å². The molecule has 0 spiro atoms. The van der Waals surface area contributed by atoms with Gasteiger partial charge in [0.15, 0.2) is 0 Å². The molecule has 2 amide bonds. The van der Waals surface area contributed by atoms with E-state index in [-0.39, 0.29) is 17.7 Å². The van der Waals surface area contributed by atoms with Gasteiger partial charge in [-0.25, -0.2) is 4.98 Å². The fourth-order valence-corrected chi connectivity index (χ4v) is 3.57. The van der Waals surface area contributed by atoms with Crippen molar-refractivity contribution in [3.63, 3.8) is 0 Å².